The van der Waals surface area contributed by atoms with Crippen LogP contribution < -0.4 is 5.73 Å². The van der Waals surface area contributed by atoms with Gasteiger partial charge in [0.2, 0.25) is 11.7 Å². The third-order valence-electron chi connectivity index (χ3n) is 3.55. The molecule has 2 N–H and O–H groups in total. The Kier molecular flexibility index (Phi) is 3.66. The zero-order valence-electron chi connectivity index (χ0n) is 11.4. The molecule has 0 aliphatic carbocycles. The number of aromatic nitrogens is 2. The largest absolute Gasteiger partial charge is 0.337 e. The van der Waals surface area contributed by atoms with Crippen molar-refractivity contribution in [1.82, 2.24) is 10.1 Å². The van der Waals surface area contributed by atoms with E-state index in [1.165, 1.54) is 12.1 Å². The number of rotatable bonds is 4. The van der Waals surface area contributed by atoms with Gasteiger partial charge in [0, 0.05) is 5.56 Å². The van der Waals surface area contributed by atoms with E-state index >= 15 is 0 Å². The smallest absolute Gasteiger partial charge is 0.247 e. The van der Waals surface area contributed by atoms with Crippen LogP contribution in [0.5, 0.6) is 0 Å². The molecule has 0 bridgehead atoms. The normalized spacial score (nSPS) is 11.8. The van der Waals surface area contributed by atoms with Crippen LogP contribution >= 0.6 is 0 Å². The highest BCUT2D eigenvalue weighted by molar-refractivity contribution is 5.59. The van der Waals surface area contributed by atoms with Crippen LogP contribution in [0.3, 0.4) is 0 Å². The molecule has 0 amide bonds. The molecule has 0 unspecified atom stereocenters. The number of hydrogen-bond donors (Lipinski definition) is 1. The minimum atomic E-state index is -0.619. The predicted molar refractivity (Wildman–Crippen MR) is 70.9 cm³/mol. The fourth-order valence-electron chi connectivity index (χ4n) is 1.92. The molecule has 0 saturated carbocycles. The summed E-state index contributed by atoms with van der Waals surface area (Å²) in [5.74, 6) is 0.455. The molecular weight excluding hydrogens is 245 g/mol. The zero-order valence-corrected chi connectivity index (χ0v) is 11.4. The number of hydrogen-bond acceptors (Lipinski definition) is 4. The molecule has 0 aliphatic heterocycles. The van der Waals surface area contributed by atoms with Gasteiger partial charge in [-0.3, -0.25) is 0 Å². The van der Waals surface area contributed by atoms with Crippen molar-refractivity contribution in [2.45, 2.75) is 39.2 Å². The summed E-state index contributed by atoms with van der Waals surface area (Å²) in [6.07, 6.45) is 1.40. The first-order valence-corrected chi connectivity index (χ1v) is 6.39. The molecule has 0 fully saturated rings. The Bertz CT molecular complexity index is 576. The first-order chi connectivity index (χ1) is 9.00. The fourth-order valence-corrected chi connectivity index (χ4v) is 1.92. The van der Waals surface area contributed by atoms with Gasteiger partial charge < -0.3 is 10.3 Å². The molecule has 0 radical (unpaired) electrons. The molecule has 0 atom stereocenters. The molecular formula is C14H18FN3O. The van der Waals surface area contributed by atoms with Gasteiger partial charge in [-0.05, 0) is 37.5 Å². The Morgan fingerprint density at radius 1 is 1.32 bits per heavy atom. The van der Waals surface area contributed by atoms with Crippen LogP contribution in [0, 0.1) is 12.7 Å². The lowest BCUT2D eigenvalue weighted by molar-refractivity contribution is 0.268. The molecule has 1 aromatic heterocycles. The van der Waals surface area contributed by atoms with Crippen molar-refractivity contribution in [3.05, 3.63) is 35.5 Å². The van der Waals surface area contributed by atoms with E-state index in [9.17, 15) is 4.39 Å². The van der Waals surface area contributed by atoms with Crippen molar-refractivity contribution in [2.75, 3.05) is 0 Å². The molecule has 4 nitrogen and oxygen atoms in total. The number of aryl methyl sites for hydroxylation is 1. The van der Waals surface area contributed by atoms with Gasteiger partial charge in [0.25, 0.3) is 0 Å². The van der Waals surface area contributed by atoms with Crippen molar-refractivity contribution in [3.8, 4) is 11.4 Å². The van der Waals surface area contributed by atoms with Crippen molar-refractivity contribution in [2.24, 2.45) is 5.73 Å². The second-order valence-corrected chi connectivity index (χ2v) is 4.75. The lowest BCUT2D eigenvalue weighted by atomic mass is 9.94. The maximum absolute atomic E-state index is 13.3. The Morgan fingerprint density at radius 2 is 2.00 bits per heavy atom. The van der Waals surface area contributed by atoms with Gasteiger partial charge in [0.05, 0.1) is 5.54 Å². The van der Waals surface area contributed by atoms with Crippen LogP contribution in [0.25, 0.3) is 11.4 Å². The number of halogens is 1. The standard InChI is InChI=1S/C14H18FN3O/c1-4-14(16,5-2)13-17-12(18-19-13)11-8-10(15)7-6-9(11)3/h6-8H,4-5,16H2,1-3H3. The molecule has 2 rings (SSSR count). The van der Waals surface area contributed by atoms with Gasteiger partial charge in [-0.25, -0.2) is 4.39 Å². The number of nitrogens with zero attached hydrogens (tertiary/aromatic N) is 2. The lowest BCUT2D eigenvalue weighted by Crippen LogP contribution is -2.35. The maximum atomic E-state index is 13.3. The molecule has 1 heterocycles. The summed E-state index contributed by atoms with van der Waals surface area (Å²) in [5, 5.41) is 3.92. The quantitative estimate of drug-likeness (QED) is 0.920. The molecule has 2 aromatic rings. The minimum absolute atomic E-state index is 0.322. The van der Waals surface area contributed by atoms with Crippen molar-refractivity contribution >= 4 is 0 Å². The van der Waals surface area contributed by atoms with Crippen LogP contribution in [-0.2, 0) is 5.54 Å². The summed E-state index contributed by atoms with van der Waals surface area (Å²) < 4.78 is 18.5. The SMILES string of the molecule is CCC(N)(CC)c1nc(-c2cc(F)ccc2C)no1. The van der Waals surface area contributed by atoms with Crippen molar-refractivity contribution in [1.29, 1.82) is 0 Å². The average molecular weight is 263 g/mol. The Hall–Kier alpha value is -1.75. The summed E-state index contributed by atoms with van der Waals surface area (Å²) in [6.45, 7) is 5.82. The van der Waals surface area contributed by atoms with Gasteiger partial charge in [-0.1, -0.05) is 25.1 Å². The third kappa shape index (κ3) is 2.51. The number of benzene rings is 1. The van der Waals surface area contributed by atoms with Crippen molar-refractivity contribution in [3.63, 3.8) is 0 Å². The summed E-state index contributed by atoms with van der Waals surface area (Å²) in [6, 6.07) is 4.50. The van der Waals surface area contributed by atoms with Gasteiger partial charge in [-0.15, -0.1) is 0 Å². The summed E-state index contributed by atoms with van der Waals surface area (Å²) in [4.78, 5) is 4.33. The number of nitrogens with two attached hydrogens (primary N) is 1. The predicted octanol–water partition coefficient (Wildman–Crippen LogP) is 3.16. The van der Waals surface area contributed by atoms with E-state index in [-0.39, 0.29) is 5.82 Å². The van der Waals surface area contributed by atoms with E-state index in [0.29, 0.717) is 30.1 Å². The maximum Gasteiger partial charge on any atom is 0.247 e. The second-order valence-electron chi connectivity index (χ2n) is 4.75. The van der Waals surface area contributed by atoms with Gasteiger partial charge in [0.15, 0.2) is 0 Å². The summed E-state index contributed by atoms with van der Waals surface area (Å²) >= 11 is 0. The van der Waals surface area contributed by atoms with Gasteiger partial charge in [-0.2, -0.15) is 4.98 Å². The molecule has 0 spiro atoms. The van der Waals surface area contributed by atoms with Gasteiger partial charge in [0.1, 0.15) is 5.82 Å². The van der Waals surface area contributed by atoms with Gasteiger partial charge >= 0.3 is 0 Å². The third-order valence-corrected chi connectivity index (χ3v) is 3.55. The highest BCUT2D eigenvalue weighted by atomic mass is 19.1. The zero-order chi connectivity index (χ0) is 14.0. The highest BCUT2D eigenvalue weighted by Crippen LogP contribution is 2.27. The van der Waals surface area contributed by atoms with E-state index in [1.54, 1.807) is 6.07 Å². The Balaban J connectivity index is 2.44. The van der Waals surface area contributed by atoms with E-state index in [0.717, 1.165) is 5.56 Å². The average Bonchev–Trinajstić information content (AvgIpc) is 2.90. The molecule has 102 valence electrons. The van der Waals surface area contributed by atoms with Crippen LogP contribution in [-0.4, -0.2) is 10.1 Å². The van der Waals surface area contributed by atoms with E-state index in [4.69, 9.17) is 10.3 Å². The highest BCUT2D eigenvalue weighted by Gasteiger charge is 2.30. The molecule has 19 heavy (non-hydrogen) atoms. The summed E-state index contributed by atoms with van der Waals surface area (Å²) in [5.41, 5.74) is 7.11. The second kappa shape index (κ2) is 5.09. The first-order valence-electron chi connectivity index (χ1n) is 6.39. The Labute approximate surface area is 111 Å². The van der Waals surface area contributed by atoms with Crippen LogP contribution in [0.4, 0.5) is 4.39 Å². The molecule has 5 heteroatoms. The monoisotopic (exact) mass is 263 g/mol. The van der Waals surface area contributed by atoms with Crippen LogP contribution in [0.2, 0.25) is 0 Å². The first kappa shape index (κ1) is 13.7. The van der Waals surface area contributed by atoms with Crippen LogP contribution in [0.1, 0.15) is 38.1 Å². The molecule has 1 aromatic carbocycles. The summed E-state index contributed by atoms with van der Waals surface area (Å²) in [7, 11) is 0. The molecule has 0 aliphatic rings. The van der Waals surface area contributed by atoms with Crippen LogP contribution in [0.15, 0.2) is 22.7 Å². The van der Waals surface area contributed by atoms with E-state index in [2.05, 4.69) is 10.1 Å². The van der Waals surface area contributed by atoms with E-state index in [1.807, 2.05) is 20.8 Å². The van der Waals surface area contributed by atoms with Crippen molar-refractivity contribution < 1.29 is 8.91 Å². The van der Waals surface area contributed by atoms with E-state index < -0.39 is 5.54 Å². The fraction of sp³-hybridized carbons (Fsp3) is 0.429. The lowest BCUT2D eigenvalue weighted by Gasteiger charge is -2.20. The Morgan fingerprint density at radius 3 is 2.63 bits per heavy atom. The minimum Gasteiger partial charge on any atom is -0.337 e. The topological polar surface area (TPSA) is 64.9 Å². The molecule has 0 saturated heterocycles.